The zero-order valence-corrected chi connectivity index (χ0v) is 15.6. The molecule has 0 fully saturated rings. The van der Waals surface area contributed by atoms with Gasteiger partial charge in [0.15, 0.2) is 0 Å². The molecule has 2 heterocycles. The normalized spacial score (nSPS) is 17.4. The molecule has 0 amide bonds. The lowest BCUT2D eigenvalue weighted by Crippen LogP contribution is -2.44. The number of allylic oxidation sites excluding steroid dienone is 3. The van der Waals surface area contributed by atoms with E-state index in [0.717, 1.165) is 18.5 Å². The Morgan fingerprint density at radius 3 is 2.52 bits per heavy atom. The number of alkyl halides is 1. The molecule has 1 unspecified atom stereocenters. The summed E-state index contributed by atoms with van der Waals surface area (Å²) in [5, 5.41) is 1.32. The highest BCUT2D eigenvalue weighted by atomic mass is 19.1. The van der Waals surface area contributed by atoms with Crippen LogP contribution in [0.3, 0.4) is 0 Å². The van der Waals surface area contributed by atoms with Gasteiger partial charge in [-0.3, -0.25) is 4.90 Å². The molecular formula is C22H29FN2. The topological polar surface area (TPSA) is 19.0 Å². The first-order valence-electron chi connectivity index (χ1n) is 8.70. The number of rotatable bonds is 4. The number of benzene rings is 1. The Bertz CT molecular complexity index is 754. The maximum atomic E-state index is 13.9. The fourth-order valence-corrected chi connectivity index (χ4v) is 3.19. The van der Waals surface area contributed by atoms with Crippen LogP contribution in [0.15, 0.2) is 61.7 Å². The van der Waals surface area contributed by atoms with E-state index in [0.29, 0.717) is 12.6 Å². The minimum atomic E-state index is -1.14. The third kappa shape index (κ3) is 4.93. The van der Waals surface area contributed by atoms with Crippen LogP contribution in [0.4, 0.5) is 4.39 Å². The number of hydrogen-bond donors (Lipinski definition) is 1. The first kappa shape index (κ1) is 19.2. The van der Waals surface area contributed by atoms with Crippen LogP contribution in [-0.4, -0.2) is 28.1 Å². The van der Waals surface area contributed by atoms with Gasteiger partial charge >= 0.3 is 0 Å². The van der Waals surface area contributed by atoms with Crippen molar-refractivity contribution in [3.05, 3.63) is 73.0 Å². The standard InChI is InChI=1S/C16H21FN2.C6H8/c1-11-8-13-12-6-4-5-7-14(12)18-15(13)9-19(11)10-16(2,3)17;1-4-6(3)5-2/h4-7,11,18H,8-10H2,1-3H3;4-5H,1-3H2. The van der Waals surface area contributed by atoms with Crippen LogP contribution in [0.5, 0.6) is 0 Å². The van der Waals surface area contributed by atoms with Crippen LogP contribution in [0.1, 0.15) is 32.0 Å². The van der Waals surface area contributed by atoms with E-state index in [9.17, 15) is 4.39 Å². The van der Waals surface area contributed by atoms with Gasteiger partial charge in [-0.05, 0) is 44.4 Å². The van der Waals surface area contributed by atoms with E-state index >= 15 is 0 Å². The predicted octanol–water partition coefficient (Wildman–Crippen LogP) is 5.58. The van der Waals surface area contributed by atoms with E-state index in [4.69, 9.17) is 0 Å². The quantitative estimate of drug-likeness (QED) is 0.720. The number of aromatic nitrogens is 1. The van der Waals surface area contributed by atoms with Crippen LogP contribution in [0.2, 0.25) is 0 Å². The maximum absolute atomic E-state index is 13.9. The van der Waals surface area contributed by atoms with Crippen molar-refractivity contribution >= 4 is 10.9 Å². The zero-order chi connectivity index (χ0) is 18.6. The Morgan fingerprint density at radius 2 is 1.96 bits per heavy atom. The van der Waals surface area contributed by atoms with Crippen LogP contribution in [-0.2, 0) is 13.0 Å². The smallest absolute Gasteiger partial charge is 0.118 e. The Hall–Kier alpha value is -2.13. The number of nitrogens with zero attached hydrogens (tertiary/aromatic N) is 1. The number of nitrogens with one attached hydrogen (secondary N) is 1. The molecular weight excluding hydrogens is 311 g/mol. The highest BCUT2D eigenvalue weighted by molar-refractivity contribution is 5.84. The van der Waals surface area contributed by atoms with Crippen molar-refractivity contribution in [2.75, 3.05) is 6.54 Å². The molecule has 1 aliphatic rings. The molecule has 0 spiro atoms. The average Bonchev–Trinajstić information content (AvgIpc) is 2.91. The van der Waals surface area contributed by atoms with Gasteiger partial charge in [0, 0.05) is 35.7 Å². The minimum Gasteiger partial charge on any atom is -0.357 e. The first-order chi connectivity index (χ1) is 11.7. The van der Waals surface area contributed by atoms with Gasteiger partial charge in [0.25, 0.3) is 0 Å². The van der Waals surface area contributed by atoms with Crippen molar-refractivity contribution < 1.29 is 4.39 Å². The van der Waals surface area contributed by atoms with E-state index in [2.05, 4.69) is 60.8 Å². The number of aromatic amines is 1. The molecule has 1 N–H and O–H groups in total. The van der Waals surface area contributed by atoms with E-state index < -0.39 is 5.67 Å². The van der Waals surface area contributed by atoms with Gasteiger partial charge in [0.2, 0.25) is 0 Å². The van der Waals surface area contributed by atoms with Gasteiger partial charge in [-0.1, -0.05) is 50.1 Å². The van der Waals surface area contributed by atoms with Gasteiger partial charge in [-0.25, -0.2) is 4.39 Å². The molecule has 1 aromatic carbocycles. The number of H-pyrrole nitrogens is 1. The molecule has 0 saturated carbocycles. The third-order valence-corrected chi connectivity index (χ3v) is 4.49. The van der Waals surface area contributed by atoms with Crippen LogP contribution in [0, 0.1) is 0 Å². The van der Waals surface area contributed by atoms with Crippen LogP contribution < -0.4 is 0 Å². The molecule has 2 aromatic rings. The number of fused-ring (bicyclic) bond motifs is 3. The van der Waals surface area contributed by atoms with E-state index in [1.54, 1.807) is 26.0 Å². The summed E-state index contributed by atoms with van der Waals surface area (Å²) < 4.78 is 13.9. The molecule has 2 nitrogen and oxygen atoms in total. The van der Waals surface area contributed by atoms with Gasteiger partial charge in [0.1, 0.15) is 5.67 Å². The molecule has 0 bridgehead atoms. The zero-order valence-electron chi connectivity index (χ0n) is 15.6. The SMILES string of the molecule is C=CC(=C)C=C.CC1Cc2c([nH]c3ccccc23)CN1CC(C)(C)F. The number of para-hydroxylation sites is 1. The Balaban J connectivity index is 0.000000326. The largest absolute Gasteiger partial charge is 0.357 e. The Labute approximate surface area is 150 Å². The first-order valence-corrected chi connectivity index (χ1v) is 8.70. The van der Waals surface area contributed by atoms with Crippen LogP contribution in [0.25, 0.3) is 10.9 Å². The summed E-state index contributed by atoms with van der Waals surface area (Å²) >= 11 is 0. The monoisotopic (exact) mass is 340 g/mol. The summed E-state index contributed by atoms with van der Waals surface area (Å²) in [6.07, 6.45) is 4.31. The Morgan fingerprint density at radius 1 is 1.32 bits per heavy atom. The summed E-state index contributed by atoms with van der Waals surface area (Å²) in [5.74, 6) is 0. The fraction of sp³-hybridized carbons (Fsp3) is 0.364. The molecule has 0 aliphatic carbocycles. The highest BCUT2D eigenvalue weighted by Gasteiger charge is 2.30. The molecule has 0 radical (unpaired) electrons. The average molecular weight is 340 g/mol. The molecule has 3 rings (SSSR count). The van der Waals surface area contributed by atoms with Crippen molar-refractivity contribution in [1.29, 1.82) is 0 Å². The summed E-state index contributed by atoms with van der Waals surface area (Å²) in [5.41, 5.74) is 3.59. The minimum absolute atomic E-state index is 0.390. The molecule has 0 saturated heterocycles. The molecule has 1 aliphatic heterocycles. The predicted molar refractivity (Wildman–Crippen MR) is 107 cm³/mol. The molecule has 134 valence electrons. The van der Waals surface area contributed by atoms with Crippen molar-refractivity contribution in [1.82, 2.24) is 9.88 Å². The van der Waals surface area contributed by atoms with Crippen molar-refractivity contribution in [3.8, 4) is 0 Å². The van der Waals surface area contributed by atoms with E-state index in [1.807, 2.05) is 0 Å². The fourth-order valence-electron chi connectivity index (χ4n) is 3.19. The lowest BCUT2D eigenvalue weighted by molar-refractivity contribution is 0.0853. The van der Waals surface area contributed by atoms with E-state index in [-0.39, 0.29) is 0 Å². The van der Waals surface area contributed by atoms with Gasteiger partial charge in [-0.2, -0.15) is 0 Å². The molecule has 25 heavy (non-hydrogen) atoms. The number of halogens is 1. The lowest BCUT2D eigenvalue weighted by Gasteiger charge is -2.36. The van der Waals surface area contributed by atoms with Crippen molar-refractivity contribution in [2.24, 2.45) is 0 Å². The second-order valence-electron chi connectivity index (χ2n) is 7.29. The van der Waals surface area contributed by atoms with Gasteiger partial charge < -0.3 is 4.98 Å². The van der Waals surface area contributed by atoms with Gasteiger partial charge in [-0.15, -0.1) is 0 Å². The summed E-state index contributed by atoms with van der Waals surface area (Å²) in [6.45, 7) is 17.3. The molecule has 1 aromatic heterocycles. The summed E-state index contributed by atoms with van der Waals surface area (Å²) in [6, 6.07) is 8.81. The lowest BCUT2D eigenvalue weighted by atomic mass is 9.96. The highest BCUT2D eigenvalue weighted by Crippen LogP contribution is 2.31. The Kier molecular flexibility index (Phi) is 6.02. The second kappa shape index (κ2) is 7.83. The maximum Gasteiger partial charge on any atom is 0.118 e. The second-order valence-corrected chi connectivity index (χ2v) is 7.29. The van der Waals surface area contributed by atoms with Gasteiger partial charge in [0.05, 0.1) is 0 Å². The molecule has 1 atom stereocenters. The van der Waals surface area contributed by atoms with Crippen LogP contribution >= 0.6 is 0 Å². The van der Waals surface area contributed by atoms with E-state index in [1.165, 1.54) is 22.2 Å². The van der Waals surface area contributed by atoms with Crippen molar-refractivity contribution in [3.63, 3.8) is 0 Å². The molecule has 3 heteroatoms. The number of hydrogen-bond acceptors (Lipinski definition) is 1. The summed E-state index contributed by atoms with van der Waals surface area (Å²) in [4.78, 5) is 5.72. The third-order valence-electron chi connectivity index (χ3n) is 4.49. The summed E-state index contributed by atoms with van der Waals surface area (Å²) in [7, 11) is 0. The van der Waals surface area contributed by atoms with Crippen molar-refractivity contribution in [2.45, 2.75) is 45.4 Å².